The summed E-state index contributed by atoms with van der Waals surface area (Å²) in [5.74, 6) is -1.27. The Morgan fingerprint density at radius 3 is 2.23 bits per heavy atom. The molecular formula is C35H25BrN2O6. The van der Waals surface area contributed by atoms with E-state index in [4.69, 9.17) is 14.5 Å². The smallest absolute Gasteiger partial charge is 0.339 e. The molecule has 1 aliphatic heterocycles. The number of rotatable bonds is 8. The molecule has 2 heterocycles. The highest BCUT2D eigenvalue weighted by Gasteiger charge is 2.36. The Morgan fingerprint density at radius 2 is 1.57 bits per heavy atom. The van der Waals surface area contributed by atoms with Gasteiger partial charge in [0.05, 0.1) is 40.7 Å². The number of Topliss-reactive ketones (excluding diaryl/α,β-unsaturated/α-hetero) is 1. The molecule has 0 saturated carbocycles. The van der Waals surface area contributed by atoms with E-state index in [-0.39, 0.29) is 23.2 Å². The van der Waals surface area contributed by atoms with Gasteiger partial charge in [0, 0.05) is 21.0 Å². The van der Waals surface area contributed by atoms with E-state index in [1.54, 1.807) is 84.9 Å². The number of methoxy groups -OCH3 is 1. The minimum absolute atomic E-state index is 0.254. The number of aryl methyl sites for hydroxylation is 1. The molecule has 2 amide bonds. The topological polar surface area (TPSA) is 103 Å². The van der Waals surface area contributed by atoms with E-state index >= 15 is 0 Å². The third kappa shape index (κ3) is 5.26. The Balaban J connectivity index is 1.33. The molecule has 8 nitrogen and oxygen atoms in total. The summed E-state index contributed by atoms with van der Waals surface area (Å²) in [4.78, 5) is 58.3. The van der Waals surface area contributed by atoms with Crippen molar-refractivity contribution in [1.29, 1.82) is 0 Å². The molecule has 0 aliphatic carbocycles. The number of ketones is 1. The van der Waals surface area contributed by atoms with Gasteiger partial charge in [-0.1, -0.05) is 59.3 Å². The van der Waals surface area contributed by atoms with Crippen LogP contribution in [0.3, 0.4) is 0 Å². The van der Waals surface area contributed by atoms with Crippen LogP contribution in [-0.2, 0) is 11.2 Å². The van der Waals surface area contributed by atoms with Crippen LogP contribution in [0.2, 0.25) is 0 Å². The number of hydrogen-bond donors (Lipinski definition) is 0. The Morgan fingerprint density at radius 1 is 0.864 bits per heavy atom. The van der Waals surface area contributed by atoms with Gasteiger partial charge in [0.1, 0.15) is 5.75 Å². The molecule has 1 aromatic heterocycles. The zero-order valence-electron chi connectivity index (χ0n) is 23.8. The van der Waals surface area contributed by atoms with Gasteiger partial charge in [0.25, 0.3) is 11.8 Å². The molecular weight excluding hydrogens is 624 g/mol. The first kappa shape index (κ1) is 28.9. The number of amides is 2. The Labute approximate surface area is 261 Å². The van der Waals surface area contributed by atoms with Gasteiger partial charge in [0.15, 0.2) is 12.4 Å². The average molecular weight is 649 g/mol. The monoisotopic (exact) mass is 648 g/mol. The minimum atomic E-state index is -0.669. The van der Waals surface area contributed by atoms with Crippen LogP contribution >= 0.6 is 15.9 Å². The van der Waals surface area contributed by atoms with Gasteiger partial charge in [-0.05, 0) is 66.6 Å². The fraction of sp³-hybridized carbons (Fsp3) is 0.114. The number of benzene rings is 4. The zero-order valence-corrected chi connectivity index (χ0v) is 25.4. The molecule has 4 aromatic carbocycles. The van der Waals surface area contributed by atoms with Crippen LogP contribution in [-0.4, -0.2) is 42.3 Å². The molecule has 0 fully saturated rings. The van der Waals surface area contributed by atoms with E-state index < -0.39 is 12.6 Å². The number of fused-ring (bicyclic) bond motifs is 2. The number of hydrogen-bond acceptors (Lipinski definition) is 7. The van der Waals surface area contributed by atoms with Crippen molar-refractivity contribution in [1.82, 2.24) is 4.98 Å². The lowest BCUT2D eigenvalue weighted by atomic mass is 10.0. The van der Waals surface area contributed by atoms with Crippen molar-refractivity contribution in [2.75, 3.05) is 18.6 Å². The van der Waals surface area contributed by atoms with Gasteiger partial charge in [0.2, 0.25) is 0 Å². The van der Waals surface area contributed by atoms with Crippen LogP contribution in [0.25, 0.3) is 22.2 Å². The van der Waals surface area contributed by atoms with E-state index in [1.165, 1.54) is 7.11 Å². The summed E-state index contributed by atoms with van der Waals surface area (Å²) in [6.07, 6.45) is 0.661. The molecule has 0 saturated heterocycles. The highest BCUT2D eigenvalue weighted by atomic mass is 79.9. The van der Waals surface area contributed by atoms with Crippen molar-refractivity contribution in [3.63, 3.8) is 0 Å². The maximum Gasteiger partial charge on any atom is 0.339 e. The second-order valence-electron chi connectivity index (χ2n) is 10.1. The van der Waals surface area contributed by atoms with Crippen LogP contribution in [0.1, 0.15) is 53.9 Å². The first-order chi connectivity index (χ1) is 21.3. The van der Waals surface area contributed by atoms with Gasteiger partial charge >= 0.3 is 5.97 Å². The molecule has 9 heteroatoms. The fourth-order valence-corrected chi connectivity index (χ4v) is 5.75. The lowest BCUT2D eigenvalue weighted by Gasteiger charge is -2.15. The standard InChI is InChI=1S/C35H25BrN2O6/c1-3-20-15-23(36)17-28-29(35(42)44-19-31(39)22-7-6-8-25(16-22)43-2)18-30(37-32(20)28)21-11-13-24(14-12-21)38-33(40)26-9-4-5-10-27(26)34(38)41/h4-18H,3,19H2,1-2H3. The molecule has 0 spiro atoms. The number of ether oxygens (including phenoxy) is 2. The second kappa shape index (κ2) is 11.9. The SMILES string of the molecule is CCc1cc(Br)cc2c(C(=O)OCC(=O)c3cccc(OC)c3)cc(-c3ccc(N4C(=O)c5ccccc5C4=O)cc3)nc12. The Kier molecular flexibility index (Phi) is 7.80. The maximum absolute atomic E-state index is 13.5. The summed E-state index contributed by atoms with van der Waals surface area (Å²) < 4.78 is 11.5. The number of carbonyl (C=O) groups excluding carboxylic acids is 4. The summed E-state index contributed by atoms with van der Waals surface area (Å²) in [6, 6.07) is 25.6. The van der Waals surface area contributed by atoms with Crippen molar-refractivity contribution < 1.29 is 28.7 Å². The molecule has 1 aliphatic rings. The summed E-state index contributed by atoms with van der Waals surface area (Å²) in [6.45, 7) is 1.55. The lowest BCUT2D eigenvalue weighted by molar-refractivity contribution is 0.0476. The van der Waals surface area contributed by atoms with Gasteiger partial charge in [-0.2, -0.15) is 0 Å². The number of aromatic nitrogens is 1. The highest BCUT2D eigenvalue weighted by molar-refractivity contribution is 9.10. The van der Waals surface area contributed by atoms with Gasteiger partial charge in [-0.3, -0.25) is 14.4 Å². The van der Waals surface area contributed by atoms with Crippen LogP contribution in [0, 0.1) is 0 Å². The molecule has 0 radical (unpaired) electrons. The molecule has 0 atom stereocenters. The molecule has 218 valence electrons. The quantitative estimate of drug-likeness (QED) is 0.101. The predicted molar refractivity (Wildman–Crippen MR) is 169 cm³/mol. The van der Waals surface area contributed by atoms with Crippen molar-refractivity contribution in [2.24, 2.45) is 0 Å². The number of imide groups is 1. The second-order valence-corrected chi connectivity index (χ2v) is 11.1. The van der Waals surface area contributed by atoms with E-state index in [2.05, 4.69) is 15.9 Å². The van der Waals surface area contributed by atoms with E-state index in [1.807, 2.05) is 13.0 Å². The zero-order chi connectivity index (χ0) is 31.0. The Bertz CT molecular complexity index is 1950. The molecule has 6 rings (SSSR count). The fourth-order valence-electron chi connectivity index (χ4n) is 5.24. The number of esters is 1. The highest BCUT2D eigenvalue weighted by Crippen LogP contribution is 2.33. The van der Waals surface area contributed by atoms with E-state index in [0.717, 1.165) is 14.9 Å². The molecule has 0 unspecified atom stereocenters. The molecule has 5 aromatic rings. The average Bonchev–Trinajstić information content (AvgIpc) is 3.31. The van der Waals surface area contributed by atoms with E-state index in [0.29, 0.717) is 56.7 Å². The van der Waals surface area contributed by atoms with E-state index in [9.17, 15) is 19.2 Å². The van der Waals surface area contributed by atoms with Crippen LogP contribution in [0.4, 0.5) is 5.69 Å². The predicted octanol–water partition coefficient (Wildman–Crippen LogP) is 7.08. The number of pyridine rings is 1. The largest absolute Gasteiger partial charge is 0.497 e. The van der Waals surface area contributed by atoms with Crippen LogP contribution < -0.4 is 9.64 Å². The number of nitrogens with zero attached hydrogens (tertiary/aromatic N) is 2. The first-order valence-corrected chi connectivity index (χ1v) is 14.6. The van der Waals surface area contributed by atoms with Crippen molar-refractivity contribution in [3.8, 4) is 17.0 Å². The first-order valence-electron chi connectivity index (χ1n) is 13.8. The number of carbonyl (C=O) groups is 4. The summed E-state index contributed by atoms with van der Waals surface area (Å²) in [5.41, 5.74) is 4.48. The summed E-state index contributed by atoms with van der Waals surface area (Å²) in [7, 11) is 1.51. The van der Waals surface area contributed by atoms with Gasteiger partial charge < -0.3 is 9.47 Å². The van der Waals surface area contributed by atoms with Crippen molar-refractivity contribution in [2.45, 2.75) is 13.3 Å². The minimum Gasteiger partial charge on any atom is -0.497 e. The third-order valence-corrected chi connectivity index (χ3v) is 7.96. The lowest BCUT2D eigenvalue weighted by Crippen LogP contribution is -2.29. The van der Waals surface area contributed by atoms with Crippen molar-refractivity contribution >= 4 is 56.1 Å². The van der Waals surface area contributed by atoms with Crippen LogP contribution in [0.15, 0.2) is 95.5 Å². The van der Waals surface area contributed by atoms with Crippen LogP contribution in [0.5, 0.6) is 5.75 Å². The maximum atomic E-state index is 13.5. The normalized spacial score (nSPS) is 12.4. The summed E-state index contributed by atoms with van der Waals surface area (Å²) >= 11 is 3.53. The molecule has 0 bridgehead atoms. The molecule has 0 N–H and O–H groups in total. The van der Waals surface area contributed by atoms with Gasteiger partial charge in [-0.15, -0.1) is 0 Å². The number of anilines is 1. The summed E-state index contributed by atoms with van der Waals surface area (Å²) in [5, 5.41) is 0.585. The Hall–Kier alpha value is -5.15. The number of halogens is 1. The molecule has 44 heavy (non-hydrogen) atoms. The van der Waals surface area contributed by atoms with Gasteiger partial charge in [-0.25, -0.2) is 14.7 Å². The van der Waals surface area contributed by atoms with Crippen molar-refractivity contribution in [3.05, 3.63) is 123 Å². The third-order valence-electron chi connectivity index (χ3n) is 7.50.